The number of rotatable bonds is 6. The van der Waals surface area contributed by atoms with Crippen LogP contribution in [0.15, 0.2) is 48.5 Å². The second kappa shape index (κ2) is 8.57. The summed E-state index contributed by atoms with van der Waals surface area (Å²) >= 11 is 0. The first-order valence-electron chi connectivity index (χ1n) is 7.57. The third kappa shape index (κ3) is 5.01. The van der Waals surface area contributed by atoms with Crippen LogP contribution in [-0.2, 0) is 16.1 Å². The van der Waals surface area contributed by atoms with Gasteiger partial charge in [-0.05, 0) is 48.9 Å². The van der Waals surface area contributed by atoms with Crippen molar-refractivity contribution in [1.29, 1.82) is 0 Å². The summed E-state index contributed by atoms with van der Waals surface area (Å²) in [4.78, 5) is 23.7. The average molecular weight is 328 g/mol. The van der Waals surface area contributed by atoms with Gasteiger partial charge in [-0.2, -0.15) is 0 Å². The molecular formula is C18H20N2O4. The number of nitrogens with one attached hydrogen (secondary N) is 2. The molecule has 0 heterocycles. The van der Waals surface area contributed by atoms with Crippen LogP contribution in [0.5, 0.6) is 11.5 Å². The molecule has 2 N–H and O–H groups in total. The molecule has 0 saturated heterocycles. The van der Waals surface area contributed by atoms with E-state index in [4.69, 9.17) is 9.47 Å². The van der Waals surface area contributed by atoms with Crippen LogP contribution in [0.4, 0.5) is 5.69 Å². The fraction of sp³-hybridized carbons (Fsp3) is 0.222. The lowest BCUT2D eigenvalue weighted by molar-refractivity contribution is -0.136. The fourth-order valence-electron chi connectivity index (χ4n) is 2.00. The molecule has 0 aliphatic heterocycles. The zero-order chi connectivity index (χ0) is 17.4. The van der Waals surface area contributed by atoms with Crippen molar-refractivity contribution in [3.05, 3.63) is 54.1 Å². The average Bonchev–Trinajstić information content (AvgIpc) is 2.62. The monoisotopic (exact) mass is 328 g/mol. The quantitative estimate of drug-likeness (QED) is 0.798. The predicted octanol–water partition coefficient (Wildman–Crippen LogP) is 2.35. The highest BCUT2D eigenvalue weighted by Gasteiger charge is 2.13. The largest absolute Gasteiger partial charge is 0.497 e. The minimum atomic E-state index is -0.715. The molecule has 0 radical (unpaired) electrons. The first-order valence-corrected chi connectivity index (χ1v) is 7.57. The lowest BCUT2D eigenvalue weighted by atomic mass is 10.2. The molecule has 2 aromatic carbocycles. The summed E-state index contributed by atoms with van der Waals surface area (Å²) in [7, 11) is 1.59. The van der Waals surface area contributed by atoms with Crippen molar-refractivity contribution in [3.8, 4) is 11.5 Å². The van der Waals surface area contributed by atoms with Gasteiger partial charge in [0.2, 0.25) is 0 Å². The van der Waals surface area contributed by atoms with Gasteiger partial charge >= 0.3 is 11.8 Å². The number of amides is 2. The molecule has 0 fully saturated rings. The minimum Gasteiger partial charge on any atom is -0.497 e. The van der Waals surface area contributed by atoms with E-state index in [1.54, 1.807) is 43.5 Å². The van der Waals surface area contributed by atoms with Gasteiger partial charge in [0.05, 0.1) is 13.7 Å². The van der Waals surface area contributed by atoms with Crippen molar-refractivity contribution in [2.75, 3.05) is 19.0 Å². The first kappa shape index (κ1) is 17.3. The Balaban J connectivity index is 1.83. The van der Waals surface area contributed by atoms with Crippen LogP contribution >= 0.6 is 0 Å². The number of hydrogen-bond acceptors (Lipinski definition) is 4. The maximum atomic E-state index is 11.9. The van der Waals surface area contributed by atoms with Gasteiger partial charge in [-0.3, -0.25) is 9.59 Å². The standard InChI is InChI=1S/C18H20N2O4/c1-3-24-16-10-6-14(7-11-16)20-18(22)17(21)19-12-13-4-8-15(23-2)9-5-13/h4-11H,3,12H2,1-2H3,(H,19,21)(H,20,22). The van der Waals surface area contributed by atoms with E-state index < -0.39 is 11.8 Å². The Morgan fingerprint density at radius 1 is 0.917 bits per heavy atom. The molecule has 0 aliphatic carbocycles. The summed E-state index contributed by atoms with van der Waals surface area (Å²) < 4.78 is 10.4. The number of carbonyl (C=O) groups is 2. The van der Waals surface area contributed by atoms with E-state index in [1.807, 2.05) is 19.1 Å². The van der Waals surface area contributed by atoms with E-state index in [0.29, 0.717) is 18.0 Å². The molecule has 0 aromatic heterocycles. The summed E-state index contributed by atoms with van der Waals surface area (Å²) in [5.41, 5.74) is 1.40. The van der Waals surface area contributed by atoms with Gasteiger partial charge in [0.25, 0.3) is 0 Å². The molecule has 6 heteroatoms. The van der Waals surface area contributed by atoms with E-state index in [9.17, 15) is 9.59 Å². The molecule has 0 bridgehead atoms. The van der Waals surface area contributed by atoms with Crippen LogP contribution in [0.25, 0.3) is 0 Å². The Hall–Kier alpha value is -3.02. The van der Waals surface area contributed by atoms with Gasteiger partial charge in [0.15, 0.2) is 0 Å². The van der Waals surface area contributed by atoms with Crippen molar-refractivity contribution in [2.45, 2.75) is 13.5 Å². The van der Waals surface area contributed by atoms with Crippen molar-refractivity contribution in [1.82, 2.24) is 5.32 Å². The van der Waals surface area contributed by atoms with E-state index in [0.717, 1.165) is 11.3 Å². The molecule has 0 aliphatic rings. The summed E-state index contributed by atoms with van der Waals surface area (Å²) in [6, 6.07) is 14.1. The highest BCUT2D eigenvalue weighted by molar-refractivity contribution is 6.39. The van der Waals surface area contributed by atoms with Crippen molar-refractivity contribution >= 4 is 17.5 Å². The van der Waals surface area contributed by atoms with Gasteiger partial charge in [-0.15, -0.1) is 0 Å². The van der Waals surface area contributed by atoms with Crippen molar-refractivity contribution < 1.29 is 19.1 Å². The Morgan fingerprint density at radius 3 is 2.12 bits per heavy atom. The minimum absolute atomic E-state index is 0.263. The number of benzene rings is 2. The molecule has 6 nitrogen and oxygen atoms in total. The second-order valence-electron chi connectivity index (χ2n) is 4.94. The third-order valence-electron chi connectivity index (χ3n) is 3.24. The number of methoxy groups -OCH3 is 1. The van der Waals surface area contributed by atoms with E-state index in [-0.39, 0.29) is 6.54 Å². The number of carbonyl (C=O) groups excluding carboxylic acids is 2. The van der Waals surface area contributed by atoms with Gasteiger partial charge in [-0.25, -0.2) is 0 Å². The molecule has 0 saturated carbocycles. The Labute approximate surface area is 140 Å². The molecule has 126 valence electrons. The Bertz CT molecular complexity index is 681. The normalized spacial score (nSPS) is 9.92. The third-order valence-corrected chi connectivity index (χ3v) is 3.24. The molecule has 0 unspecified atom stereocenters. The van der Waals surface area contributed by atoms with Gasteiger partial charge < -0.3 is 20.1 Å². The Morgan fingerprint density at radius 2 is 1.54 bits per heavy atom. The zero-order valence-corrected chi connectivity index (χ0v) is 13.7. The maximum absolute atomic E-state index is 11.9. The molecule has 2 aromatic rings. The molecule has 2 amide bonds. The topological polar surface area (TPSA) is 76.7 Å². The second-order valence-corrected chi connectivity index (χ2v) is 4.94. The van der Waals surface area contributed by atoms with Gasteiger partial charge in [0.1, 0.15) is 11.5 Å². The molecular weight excluding hydrogens is 308 g/mol. The fourth-order valence-corrected chi connectivity index (χ4v) is 2.00. The smallest absolute Gasteiger partial charge is 0.313 e. The summed E-state index contributed by atoms with van der Waals surface area (Å²) in [6.45, 7) is 2.72. The highest BCUT2D eigenvalue weighted by atomic mass is 16.5. The van der Waals surface area contributed by atoms with Gasteiger partial charge in [-0.1, -0.05) is 12.1 Å². The molecule has 0 spiro atoms. The van der Waals surface area contributed by atoms with Crippen LogP contribution in [0.2, 0.25) is 0 Å². The summed E-state index contributed by atoms with van der Waals surface area (Å²) in [5.74, 6) is 0.0325. The van der Waals surface area contributed by atoms with E-state index >= 15 is 0 Å². The number of hydrogen-bond donors (Lipinski definition) is 2. The van der Waals surface area contributed by atoms with Crippen molar-refractivity contribution in [2.24, 2.45) is 0 Å². The lowest BCUT2D eigenvalue weighted by Gasteiger charge is -2.08. The van der Waals surface area contributed by atoms with Crippen LogP contribution in [0.1, 0.15) is 12.5 Å². The summed E-state index contributed by atoms with van der Waals surface area (Å²) in [5, 5.41) is 5.11. The molecule has 2 rings (SSSR count). The van der Waals surface area contributed by atoms with Crippen LogP contribution in [-0.4, -0.2) is 25.5 Å². The van der Waals surface area contributed by atoms with E-state index in [1.165, 1.54) is 0 Å². The number of anilines is 1. The van der Waals surface area contributed by atoms with Gasteiger partial charge in [0, 0.05) is 12.2 Å². The zero-order valence-electron chi connectivity index (χ0n) is 13.7. The first-order chi connectivity index (χ1) is 11.6. The van der Waals surface area contributed by atoms with Crippen LogP contribution < -0.4 is 20.1 Å². The highest BCUT2D eigenvalue weighted by Crippen LogP contribution is 2.15. The predicted molar refractivity (Wildman–Crippen MR) is 91.1 cm³/mol. The maximum Gasteiger partial charge on any atom is 0.313 e. The van der Waals surface area contributed by atoms with E-state index in [2.05, 4.69) is 10.6 Å². The molecule has 0 atom stereocenters. The van der Waals surface area contributed by atoms with Crippen LogP contribution in [0, 0.1) is 0 Å². The molecule has 24 heavy (non-hydrogen) atoms. The Kier molecular flexibility index (Phi) is 6.19. The lowest BCUT2D eigenvalue weighted by Crippen LogP contribution is -2.34. The number of ether oxygens (including phenoxy) is 2. The van der Waals surface area contributed by atoms with Crippen molar-refractivity contribution in [3.63, 3.8) is 0 Å². The summed E-state index contributed by atoms with van der Waals surface area (Å²) in [6.07, 6.45) is 0. The van der Waals surface area contributed by atoms with Crippen LogP contribution in [0.3, 0.4) is 0 Å². The SMILES string of the molecule is CCOc1ccc(NC(=O)C(=O)NCc2ccc(OC)cc2)cc1.